The molecule has 0 saturated carbocycles. The lowest BCUT2D eigenvalue weighted by Crippen LogP contribution is -2.43. The first-order valence-electron chi connectivity index (χ1n) is 7.10. The fourth-order valence-electron chi connectivity index (χ4n) is 2.75. The lowest BCUT2D eigenvalue weighted by Gasteiger charge is -2.30. The second-order valence-corrected chi connectivity index (χ2v) is 7.81. The summed E-state index contributed by atoms with van der Waals surface area (Å²) in [6, 6.07) is 5.88. The number of carbonyl (C=O) groups is 1. The van der Waals surface area contributed by atoms with Crippen molar-refractivity contribution in [3.63, 3.8) is 0 Å². The number of nitrogens with zero attached hydrogens (tertiary/aromatic N) is 1. The largest absolute Gasteiger partial charge is 0.326 e. The Balaban J connectivity index is 2.06. The monoisotopic (exact) mass is 310 g/mol. The van der Waals surface area contributed by atoms with Gasteiger partial charge < -0.3 is 5.32 Å². The van der Waals surface area contributed by atoms with Crippen LogP contribution in [0.15, 0.2) is 18.2 Å². The molecule has 0 radical (unpaired) electrons. The first-order valence-corrected chi connectivity index (χ1v) is 8.95. The maximum absolute atomic E-state index is 12.3. The standard InChI is InChI=1S/C15H22N2O3S/c1-11-7-12(2)9-14(8-11)16-15(18)13-5-4-6-17(10-13)21(3,19)20/h7-9,13H,4-6,10H2,1-3H3,(H,16,18)/t13-/m1/s1. The van der Waals surface area contributed by atoms with Crippen molar-refractivity contribution in [2.75, 3.05) is 24.7 Å². The lowest BCUT2D eigenvalue weighted by molar-refractivity contribution is -0.120. The third kappa shape index (κ3) is 4.28. The highest BCUT2D eigenvalue weighted by Crippen LogP contribution is 2.21. The molecule has 0 aliphatic carbocycles. The number of rotatable bonds is 3. The van der Waals surface area contributed by atoms with Gasteiger partial charge >= 0.3 is 0 Å². The minimum Gasteiger partial charge on any atom is -0.326 e. The smallest absolute Gasteiger partial charge is 0.228 e. The summed E-state index contributed by atoms with van der Waals surface area (Å²) in [4.78, 5) is 12.3. The van der Waals surface area contributed by atoms with Crippen LogP contribution in [0.25, 0.3) is 0 Å². The van der Waals surface area contributed by atoms with Crippen LogP contribution in [-0.2, 0) is 14.8 Å². The fourth-order valence-corrected chi connectivity index (χ4v) is 3.66. The maximum atomic E-state index is 12.3. The molecule has 0 spiro atoms. The number of hydrogen-bond acceptors (Lipinski definition) is 3. The van der Waals surface area contributed by atoms with Crippen molar-refractivity contribution in [2.45, 2.75) is 26.7 Å². The van der Waals surface area contributed by atoms with Gasteiger partial charge in [0.2, 0.25) is 15.9 Å². The molecule has 21 heavy (non-hydrogen) atoms. The summed E-state index contributed by atoms with van der Waals surface area (Å²) in [5.41, 5.74) is 2.95. The maximum Gasteiger partial charge on any atom is 0.228 e. The molecule has 116 valence electrons. The van der Waals surface area contributed by atoms with Gasteiger partial charge in [-0.2, -0.15) is 0 Å². The molecule has 1 atom stereocenters. The number of anilines is 1. The zero-order valence-electron chi connectivity index (χ0n) is 12.7. The summed E-state index contributed by atoms with van der Waals surface area (Å²) in [5.74, 6) is -0.386. The molecule has 0 bridgehead atoms. The average molecular weight is 310 g/mol. The normalized spacial score (nSPS) is 20.2. The van der Waals surface area contributed by atoms with E-state index in [2.05, 4.69) is 5.32 Å². The molecule has 5 nitrogen and oxygen atoms in total. The Bertz CT molecular complexity index is 620. The predicted molar refractivity (Wildman–Crippen MR) is 83.7 cm³/mol. The molecule has 1 aliphatic heterocycles. The third-order valence-corrected chi connectivity index (χ3v) is 4.98. The molecule has 1 heterocycles. The highest BCUT2D eigenvalue weighted by Gasteiger charge is 2.30. The first kappa shape index (κ1) is 16.0. The van der Waals surface area contributed by atoms with Gasteiger partial charge in [-0.1, -0.05) is 6.07 Å². The van der Waals surface area contributed by atoms with Crippen molar-refractivity contribution in [1.82, 2.24) is 4.31 Å². The van der Waals surface area contributed by atoms with E-state index in [0.29, 0.717) is 6.54 Å². The summed E-state index contributed by atoms with van der Waals surface area (Å²) in [5, 5.41) is 2.90. The van der Waals surface area contributed by atoms with Gasteiger partial charge in [-0.3, -0.25) is 4.79 Å². The Labute approximate surface area is 126 Å². The van der Waals surface area contributed by atoms with E-state index in [9.17, 15) is 13.2 Å². The molecular weight excluding hydrogens is 288 g/mol. The van der Waals surface area contributed by atoms with Gasteiger partial charge in [0.05, 0.1) is 12.2 Å². The fraction of sp³-hybridized carbons (Fsp3) is 0.533. The summed E-state index contributed by atoms with van der Waals surface area (Å²) in [6.07, 6.45) is 2.64. The van der Waals surface area contributed by atoms with Gasteiger partial charge in [0.15, 0.2) is 0 Å². The van der Waals surface area contributed by atoms with E-state index in [1.165, 1.54) is 10.6 Å². The molecule has 6 heteroatoms. The Hall–Kier alpha value is -1.40. The average Bonchev–Trinajstić information content (AvgIpc) is 2.36. The predicted octanol–water partition coefficient (Wildman–Crippen LogP) is 1.91. The van der Waals surface area contributed by atoms with Crippen LogP contribution in [0.1, 0.15) is 24.0 Å². The number of amides is 1. The number of carbonyl (C=O) groups excluding carboxylic acids is 1. The molecule has 0 unspecified atom stereocenters. The quantitative estimate of drug-likeness (QED) is 0.927. The van der Waals surface area contributed by atoms with Crippen molar-refractivity contribution in [3.05, 3.63) is 29.3 Å². The zero-order chi connectivity index (χ0) is 15.6. The van der Waals surface area contributed by atoms with E-state index in [1.807, 2.05) is 32.0 Å². The van der Waals surface area contributed by atoms with Crippen molar-refractivity contribution < 1.29 is 13.2 Å². The second-order valence-electron chi connectivity index (χ2n) is 5.83. The molecule has 1 amide bonds. The lowest BCUT2D eigenvalue weighted by atomic mass is 9.98. The van der Waals surface area contributed by atoms with Crippen molar-refractivity contribution >= 4 is 21.6 Å². The van der Waals surface area contributed by atoms with E-state index in [0.717, 1.165) is 29.7 Å². The van der Waals surface area contributed by atoms with Crippen LogP contribution in [0.3, 0.4) is 0 Å². The number of aryl methyl sites for hydroxylation is 2. The molecule has 0 aromatic heterocycles. The molecule has 1 aromatic rings. The highest BCUT2D eigenvalue weighted by atomic mass is 32.2. The topological polar surface area (TPSA) is 66.5 Å². The van der Waals surface area contributed by atoms with Gasteiger partial charge in [-0.15, -0.1) is 0 Å². The van der Waals surface area contributed by atoms with Crippen molar-refractivity contribution in [3.8, 4) is 0 Å². The minimum absolute atomic E-state index is 0.103. The van der Waals surface area contributed by atoms with E-state index in [1.54, 1.807) is 0 Å². The number of nitrogens with one attached hydrogen (secondary N) is 1. The van der Waals surface area contributed by atoms with E-state index in [-0.39, 0.29) is 18.4 Å². The molecule has 1 saturated heterocycles. The van der Waals surface area contributed by atoms with Crippen molar-refractivity contribution in [1.29, 1.82) is 0 Å². The molecule has 2 rings (SSSR count). The Morgan fingerprint density at radius 1 is 1.24 bits per heavy atom. The van der Waals surface area contributed by atoms with Crippen LogP contribution in [0.2, 0.25) is 0 Å². The molecule has 1 fully saturated rings. The number of piperidine rings is 1. The highest BCUT2D eigenvalue weighted by molar-refractivity contribution is 7.88. The second kappa shape index (κ2) is 6.15. The van der Waals surface area contributed by atoms with Crippen LogP contribution < -0.4 is 5.32 Å². The Kier molecular flexibility index (Phi) is 4.68. The SMILES string of the molecule is Cc1cc(C)cc(NC(=O)[C@@H]2CCCN(S(C)(=O)=O)C2)c1. The van der Waals surface area contributed by atoms with Crippen LogP contribution in [0.5, 0.6) is 0 Å². The van der Waals surface area contributed by atoms with Crippen LogP contribution in [-0.4, -0.2) is 38.0 Å². The van der Waals surface area contributed by atoms with E-state index in [4.69, 9.17) is 0 Å². The van der Waals surface area contributed by atoms with Gasteiger partial charge in [-0.25, -0.2) is 12.7 Å². The van der Waals surface area contributed by atoms with Crippen LogP contribution >= 0.6 is 0 Å². The van der Waals surface area contributed by atoms with E-state index < -0.39 is 10.0 Å². The van der Waals surface area contributed by atoms with Crippen LogP contribution in [0.4, 0.5) is 5.69 Å². The third-order valence-electron chi connectivity index (χ3n) is 3.71. The minimum atomic E-state index is -3.23. The van der Waals surface area contributed by atoms with Gasteiger partial charge in [0.25, 0.3) is 0 Å². The summed E-state index contributed by atoms with van der Waals surface area (Å²) in [7, 11) is -3.23. The van der Waals surface area contributed by atoms with Crippen LogP contribution in [0, 0.1) is 19.8 Å². The summed E-state index contributed by atoms with van der Waals surface area (Å²) in [6.45, 7) is 4.74. The Morgan fingerprint density at radius 2 is 1.86 bits per heavy atom. The molecule has 1 aliphatic rings. The zero-order valence-corrected chi connectivity index (χ0v) is 13.5. The van der Waals surface area contributed by atoms with Gasteiger partial charge in [0, 0.05) is 18.8 Å². The first-order chi connectivity index (χ1) is 9.75. The van der Waals surface area contributed by atoms with E-state index >= 15 is 0 Å². The number of benzene rings is 1. The number of hydrogen-bond donors (Lipinski definition) is 1. The van der Waals surface area contributed by atoms with Gasteiger partial charge in [0.1, 0.15) is 0 Å². The summed E-state index contributed by atoms with van der Waals surface area (Å²) >= 11 is 0. The Morgan fingerprint density at radius 3 is 2.43 bits per heavy atom. The molecular formula is C15H22N2O3S. The van der Waals surface area contributed by atoms with Crippen molar-refractivity contribution in [2.24, 2.45) is 5.92 Å². The number of sulfonamides is 1. The molecule has 1 aromatic carbocycles. The molecule has 1 N–H and O–H groups in total. The summed E-state index contributed by atoms with van der Waals surface area (Å²) < 4.78 is 24.6. The van der Waals surface area contributed by atoms with Gasteiger partial charge in [-0.05, 0) is 49.9 Å².